The van der Waals surface area contributed by atoms with Gasteiger partial charge in [-0.05, 0) is 132 Å². The number of piperidine rings is 1. The Morgan fingerprint density at radius 2 is 1.88 bits per heavy atom. The Morgan fingerprint density at radius 1 is 1.05 bits per heavy atom. The topological polar surface area (TPSA) is 62.3 Å². The Bertz CT molecular complexity index is 1270. The molecule has 3 saturated carbocycles. The number of carbonyl (C=O) groups is 2. The van der Waals surface area contributed by atoms with Crippen LogP contribution >= 0.6 is 0 Å². The molecule has 1 aromatic rings. The van der Waals surface area contributed by atoms with E-state index in [1.807, 2.05) is 20.8 Å². The highest BCUT2D eigenvalue weighted by Crippen LogP contribution is 2.75. The van der Waals surface area contributed by atoms with Gasteiger partial charge in [0.2, 0.25) is 5.91 Å². The van der Waals surface area contributed by atoms with Crippen LogP contribution in [0.4, 0.5) is 4.79 Å². The molecule has 222 valence electrons. The highest BCUT2D eigenvalue weighted by atomic mass is 16.6. The lowest BCUT2D eigenvalue weighted by molar-refractivity contribution is -0.144. The number of rotatable bonds is 4. The third-order valence-electron chi connectivity index (χ3n) is 12.4. The van der Waals surface area contributed by atoms with Gasteiger partial charge in [0.05, 0.1) is 7.11 Å². The van der Waals surface area contributed by atoms with Crippen LogP contribution in [-0.4, -0.2) is 83.7 Å². The minimum Gasteiger partial charge on any atom is -0.497 e. The number of carbonyl (C=O) groups excluding carboxylic acids is 2. The van der Waals surface area contributed by atoms with Gasteiger partial charge in [-0.25, -0.2) is 4.79 Å². The van der Waals surface area contributed by atoms with Gasteiger partial charge in [-0.15, -0.1) is 0 Å². The summed E-state index contributed by atoms with van der Waals surface area (Å²) in [5.41, 5.74) is 2.91. The van der Waals surface area contributed by atoms with E-state index in [2.05, 4.69) is 28.0 Å². The van der Waals surface area contributed by atoms with Crippen molar-refractivity contribution in [3.8, 4) is 5.75 Å². The van der Waals surface area contributed by atoms with E-state index in [0.29, 0.717) is 29.8 Å². The van der Waals surface area contributed by atoms with Crippen molar-refractivity contribution in [2.24, 2.45) is 23.2 Å². The highest BCUT2D eigenvalue weighted by molar-refractivity contribution is 5.87. The third-order valence-corrected chi connectivity index (χ3v) is 12.4. The van der Waals surface area contributed by atoms with E-state index in [-0.39, 0.29) is 29.5 Å². The van der Waals surface area contributed by atoms with E-state index in [9.17, 15) is 9.59 Å². The predicted molar refractivity (Wildman–Crippen MR) is 156 cm³/mol. The zero-order valence-electron chi connectivity index (χ0n) is 25.4. The lowest BCUT2D eigenvalue weighted by atomic mass is 9.43. The maximum atomic E-state index is 14.3. The summed E-state index contributed by atoms with van der Waals surface area (Å²) < 4.78 is 11.5. The summed E-state index contributed by atoms with van der Waals surface area (Å²) in [5, 5.41) is 0. The SMILES string of the molecule is COc1ccc2c(c1)C13CCN(CC4CC4)C(C2)C12CCC1C3[C@@H](CN1C(=O)[C@H]1CCCN1C(=O)OC(C)(C)C)C2. The number of amides is 2. The largest absolute Gasteiger partial charge is 0.497 e. The van der Waals surface area contributed by atoms with Gasteiger partial charge in [0, 0.05) is 37.1 Å². The second kappa shape index (κ2) is 8.87. The molecule has 3 saturated heterocycles. The van der Waals surface area contributed by atoms with Crippen molar-refractivity contribution in [2.45, 2.75) is 108 Å². The van der Waals surface area contributed by atoms with Crippen molar-refractivity contribution in [3.05, 3.63) is 29.3 Å². The molecule has 7 atom stereocenters. The average Bonchev–Trinajstić information content (AvgIpc) is 3.38. The van der Waals surface area contributed by atoms with E-state index >= 15 is 0 Å². The van der Waals surface area contributed by atoms with Gasteiger partial charge in [-0.2, -0.15) is 0 Å². The summed E-state index contributed by atoms with van der Waals surface area (Å²) >= 11 is 0. The quantitative estimate of drug-likeness (QED) is 0.518. The van der Waals surface area contributed by atoms with Gasteiger partial charge in [0.15, 0.2) is 0 Å². The van der Waals surface area contributed by atoms with E-state index in [4.69, 9.17) is 9.47 Å². The van der Waals surface area contributed by atoms with Crippen molar-refractivity contribution < 1.29 is 19.1 Å². The number of hydrogen-bond donors (Lipinski definition) is 0. The van der Waals surface area contributed by atoms with Crippen molar-refractivity contribution in [2.75, 3.05) is 33.3 Å². The van der Waals surface area contributed by atoms with E-state index in [0.717, 1.165) is 43.9 Å². The molecule has 0 N–H and O–H groups in total. The molecule has 4 bridgehead atoms. The summed E-state index contributed by atoms with van der Waals surface area (Å²) in [6.45, 7) is 9.60. The number of nitrogens with zero attached hydrogens (tertiary/aromatic N) is 3. The number of methoxy groups -OCH3 is 1. The fourth-order valence-corrected chi connectivity index (χ4v) is 11.1. The van der Waals surface area contributed by atoms with Crippen LogP contribution in [0.25, 0.3) is 0 Å². The second-order valence-corrected chi connectivity index (χ2v) is 15.5. The number of fused-ring (bicyclic) bond motifs is 1. The summed E-state index contributed by atoms with van der Waals surface area (Å²) in [4.78, 5) is 34.3. The second-order valence-electron chi connectivity index (χ2n) is 15.5. The molecular weight excluding hydrogens is 514 g/mol. The molecule has 5 unspecified atom stereocenters. The molecule has 2 amide bonds. The standard InChI is InChI=1S/C34H47N3O4/c1-32(2,3)41-31(39)36-14-5-6-27(36)30(38)37-20-23-18-33-12-11-26(37)29(23)34(33)13-15-35(19-21-7-8-21)28(33)16-22-9-10-24(40-4)17-25(22)34/h9-10,17,21,23,26-29H,5-8,11-16,18-20H2,1-4H3/t23-,26?,27-,28?,29?,33?,34?/m1/s1. The van der Waals surface area contributed by atoms with Gasteiger partial charge >= 0.3 is 6.09 Å². The van der Waals surface area contributed by atoms with Crippen LogP contribution < -0.4 is 4.74 Å². The molecule has 0 radical (unpaired) electrons. The van der Waals surface area contributed by atoms with E-state index in [1.54, 1.807) is 17.6 Å². The molecule has 7 heteroatoms. The molecule has 41 heavy (non-hydrogen) atoms. The van der Waals surface area contributed by atoms with Gasteiger partial charge in [0.25, 0.3) is 0 Å². The lowest BCUT2D eigenvalue weighted by Gasteiger charge is -2.66. The first kappa shape index (κ1) is 26.4. The van der Waals surface area contributed by atoms with Gasteiger partial charge in [-0.1, -0.05) is 6.07 Å². The Morgan fingerprint density at radius 3 is 2.63 bits per heavy atom. The first-order valence-corrected chi connectivity index (χ1v) is 16.4. The fraction of sp³-hybridized carbons (Fsp3) is 0.765. The number of ether oxygens (including phenoxy) is 2. The van der Waals surface area contributed by atoms with Crippen molar-refractivity contribution >= 4 is 12.0 Å². The molecule has 1 aromatic carbocycles. The van der Waals surface area contributed by atoms with E-state index < -0.39 is 5.60 Å². The maximum Gasteiger partial charge on any atom is 0.410 e. The van der Waals surface area contributed by atoms with Crippen LogP contribution in [0.5, 0.6) is 5.75 Å². The van der Waals surface area contributed by atoms with Crippen molar-refractivity contribution in [1.29, 1.82) is 0 Å². The first-order valence-electron chi connectivity index (χ1n) is 16.4. The summed E-state index contributed by atoms with van der Waals surface area (Å²) in [6.07, 6.45) is 9.97. The van der Waals surface area contributed by atoms with Gasteiger partial charge in [0.1, 0.15) is 17.4 Å². The summed E-state index contributed by atoms with van der Waals surface area (Å²) in [6, 6.07) is 7.39. The van der Waals surface area contributed by atoms with Crippen LogP contribution in [-0.2, 0) is 21.4 Å². The number of hydrogen-bond acceptors (Lipinski definition) is 5. The first-order chi connectivity index (χ1) is 19.6. The molecule has 7 nitrogen and oxygen atoms in total. The van der Waals surface area contributed by atoms with Crippen LogP contribution in [0.3, 0.4) is 0 Å². The molecule has 0 spiro atoms. The predicted octanol–water partition coefficient (Wildman–Crippen LogP) is 5.00. The third kappa shape index (κ3) is 3.66. The molecule has 3 aliphatic heterocycles. The molecule has 0 aromatic heterocycles. The van der Waals surface area contributed by atoms with Crippen LogP contribution in [0.2, 0.25) is 0 Å². The Kier molecular flexibility index (Phi) is 5.70. The van der Waals surface area contributed by atoms with Crippen molar-refractivity contribution in [1.82, 2.24) is 14.7 Å². The molecular formula is C34H47N3O4. The highest BCUT2D eigenvalue weighted by Gasteiger charge is 2.76. The average molecular weight is 562 g/mol. The molecule has 3 heterocycles. The van der Waals surface area contributed by atoms with Crippen LogP contribution in [0.15, 0.2) is 18.2 Å². The smallest absolute Gasteiger partial charge is 0.410 e. The minimum atomic E-state index is -0.565. The zero-order valence-corrected chi connectivity index (χ0v) is 25.4. The lowest BCUT2D eigenvalue weighted by Crippen LogP contribution is -2.70. The minimum absolute atomic E-state index is 0.114. The zero-order chi connectivity index (χ0) is 28.3. The number of benzene rings is 1. The van der Waals surface area contributed by atoms with Gasteiger partial charge in [-0.3, -0.25) is 14.6 Å². The Labute approximate surface area is 244 Å². The monoisotopic (exact) mass is 561 g/mol. The summed E-state index contributed by atoms with van der Waals surface area (Å²) in [7, 11) is 1.79. The summed E-state index contributed by atoms with van der Waals surface area (Å²) in [5.74, 6) is 3.06. The molecule has 8 rings (SSSR count). The van der Waals surface area contributed by atoms with Crippen LogP contribution in [0, 0.1) is 23.2 Å². The molecule has 4 aliphatic carbocycles. The van der Waals surface area contributed by atoms with Crippen molar-refractivity contribution in [3.63, 3.8) is 0 Å². The maximum absolute atomic E-state index is 14.3. The Hall–Kier alpha value is -2.28. The molecule has 6 fully saturated rings. The molecule has 7 aliphatic rings. The fourth-order valence-electron chi connectivity index (χ4n) is 11.1. The van der Waals surface area contributed by atoms with Crippen LogP contribution in [0.1, 0.15) is 83.3 Å². The number of likely N-dealkylation sites (tertiary alicyclic amines) is 3. The van der Waals surface area contributed by atoms with E-state index in [1.165, 1.54) is 50.8 Å². The Balaban J connectivity index is 1.15. The normalized spacial score (nSPS) is 39.0. The van der Waals surface area contributed by atoms with Gasteiger partial charge < -0.3 is 14.4 Å².